The first-order valence-corrected chi connectivity index (χ1v) is 8.60. The van der Waals surface area contributed by atoms with Crippen LogP contribution < -0.4 is 4.90 Å². The lowest BCUT2D eigenvalue weighted by molar-refractivity contribution is 0.101. The highest BCUT2D eigenvalue weighted by Gasteiger charge is 2.21. The maximum absolute atomic E-state index is 11.9. The van der Waals surface area contributed by atoms with Gasteiger partial charge in [-0.25, -0.2) is 0 Å². The third kappa shape index (κ3) is 3.61. The van der Waals surface area contributed by atoms with Gasteiger partial charge in [0.15, 0.2) is 5.78 Å². The third-order valence-electron chi connectivity index (χ3n) is 4.18. The Hall–Kier alpha value is -2.16. The van der Waals surface area contributed by atoms with Crippen molar-refractivity contribution >= 4 is 22.8 Å². The molecule has 0 atom stereocenters. The Morgan fingerprint density at radius 3 is 2.65 bits per heavy atom. The highest BCUT2D eigenvalue weighted by Crippen LogP contribution is 2.25. The van der Waals surface area contributed by atoms with E-state index in [4.69, 9.17) is 5.26 Å². The first-order valence-electron chi connectivity index (χ1n) is 7.72. The van der Waals surface area contributed by atoms with Crippen LogP contribution in [0.3, 0.4) is 0 Å². The Labute approximate surface area is 140 Å². The van der Waals surface area contributed by atoms with Crippen molar-refractivity contribution < 1.29 is 4.79 Å². The van der Waals surface area contributed by atoms with Crippen LogP contribution in [0.15, 0.2) is 35.7 Å². The molecule has 0 N–H and O–H groups in total. The van der Waals surface area contributed by atoms with Crippen molar-refractivity contribution in [2.75, 3.05) is 31.1 Å². The molecule has 5 heteroatoms. The number of rotatable bonds is 4. The molecule has 0 spiro atoms. The summed E-state index contributed by atoms with van der Waals surface area (Å²) in [6.45, 7) is 6.25. The normalized spacial score (nSPS) is 15.4. The fraction of sp³-hybridized carbons (Fsp3) is 0.333. The second-order valence-corrected chi connectivity index (χ2v) is 6.77. The lowest BCUT2D eigenvalue weighted by Crippen LogP contribution is -2.46. The number of hydrogen-bond donors (Lipinski definition) is 0. The van der Waals surface area contributed by atoms with E-state index in [9.17, 15) is 4.79 Å². The minimum Gasteiger partial charge on any atom is -0.368 e. The largest absolute Gasteiger partial charge is 0.368 e. The third-order valence-corrected chi connectivity index (χ3v) is 5.04. The zero-order chi connectivity index (χ0) is 16.2. The molecule has 1 aliphatic heterocycles. The number of hydrogen-bond acceptors (Lipinski definition) is 5. The van der Waals surface area contributed by atoms with Gasteiger partial charge in [0.2, 0.25) is 0 Å². The van der Waals surface area contributed by atoms with E-state index in [2.05, 4.69) is 33.4 Å². The highest BCUT2D eigenvalue weighted by atomic mass is 32.1. The SMILES string of the molecule is CC(=O)c1ccc(C#N)cc1N1CCN(Cc2cccs2)CC1. The van der Waals surface area contributed by atoms with Crippen molar-refractivity contribution in [1.82, 2.24) is 4.90 Å². The zero-order valence-corrected chi connectivity index (χ0v) is 14.0. The van der Waals surface area contributed by atoms with Gasteiger partial charge in [0.1, 0.15) is 0 Å². The second-order valence-electron chi connectivity index (χ2n) is 5.74. The summed E-state index contributed by atoms with van der Waals surface area (Å²) in [4.78, 5) is 17.9. The molecule has 1 saturated heterocycles. The van der Waals surface area contributed by atoms with Crippen molar-refractivity contribution in [3.63, 3.8) is 0 Å². The molecule has 1 aromatic carbocycles. The van der Waals surface area contributed by atoms with E-state index >= 15 is 0 Å². The molecule has 2 aromatic rings. The summed E-state index contributed by atoms with van der Waals surface area (Å²) in [6, 6.07) is 11.7. The van der Waals surface area contributed by atoms with Crippen LogP contribution in [0.2, 0.25) is 0 Å². The minimum atomic E-state index is 0.0468. The Bertz CT molecular complexity index is 725. The highest BCUT2D eigenvalue weighted by molar-refractivity contribution is 7.09. The van der Waals surface area contributed by atoms with Gasteiger partial charge in [0.25, 0.3) is 0 Å². The summed E-state index contributed by atoms with van der Waals surface area (Å²) in [5.74, 6) is 0.0468. The Morgan fingerprint density at radius 2 is 2.04 bits per heavy atom. The monoisotopic (exact) mass is 325 g/mol. The van der Waals surface area contributed by atoms with Crippen molar-refractivity contribution in [3.05, 3.63) is 51.7 Å². The van der Waals surface area contributed by atoms with Crippen LogP contribution in [-0.2, 0) is 6.54 Å². The summed E-state index contributed by atoms with van der Waals surface area (Å²) < 4.78 is 0. The molecule has 2 heterocycles. The molecule has 0 amide bonds. The summed E-state index contributed by atoms with van der Waals surface area (Å²) in [5, 5.41) is 11.2. The number of nitrogens with zero attached hydrogens (tertiary/aromatic N) is 3. The van der Waals surface area contributed by atoms with E-state index in [1.807, 2.05) is 6.07 Å². The molecule has 1 fully saturated rings. The van der Waals surface area contributed by atoms with Crippen molar-refractivity contribution in [1.29, 1.82) is 5.26 Å². The van der Waals surface area contributed by atoms with Gasteiger partial charge >= 0.3 is 0 Å². The van der Waals surface area contributed by atoms with Gasteiger partial charge in [-0.1, -0.05) is 6.07 Å². The minimum absolute atomic E-state index is 0.0468. The smallest absolute Gasteiger partial charge is 0.161 e. The van der Waals surface area contributed by atoms with Gasteiger partial charge in [0, 0.05) is 48.9 Å². The predicted molar refractivity (Wildman–Crippen MR) is 93.0 cm³/mol. The van der Waals surface area contributed by atoms with Gasteiger partial charge in [-0.2, -0.15) is 5.26 Å². The van der Waals surface area contributed by atoms with Crippen LogP contribution in [0.1, 0.15) is 27.7 Å². The lowest BCUT2D eigenvalue weighted by Gasteiger charge is -2.36. The van der Waals surface area contributed by atoms with Gasteiger partial charge in [-0.05, 0) is 36.6 Å². The summed E-state index contributed by atoms with van der Waals surface area (Å²) in [6.07, 6.45) is 0. The summed E-state index contributed by atoms with van der Waals surface area (Å²) in [7, 11) is 0. The second kappa shape index (κ2) is 6.95. The molecule has 1 aliphatic rings. The average molecular weight is 325 g/mol. The van der Waals surface area contributed by atoms with Crippen LogP contribution in [0.25, 0.3) is 0 Å². The first kappa shape index (κ1) is 15.7. The Kier molecular flexibility index (Phi) is 4.75. The van der Waals surface area contributed by atoms with Gasteiger partial charge in [-0.15, -0.1) is 11.3 Å². The van der Waals surface area contributed by atoms with E-state index in [0.29, 0.717) is 11.1 Å². The van der Waals surface area contributed by atoms with E-state index in [1.165, 1.54) is 4.88 Å². The number of benzene rings is 1. The number of piperazine rings is 1. The Balaban J connectivity index is 1.72. The standard InChI is InChI=1S/C18H19N3OS/c1-14(22)17-5-4-15(12-19)11-18(17)21-8-6-20(7-9-21)13-16-3-2-10-23-16/h2-5,10-11H,6-9,13H2,1H3. The molecule has 0 unspecified atom stereocenters. The molecule has 0 aliphatic carbocycles. The number of Topliss-reactive ketones (excluding diaryl/α,β-unsaturated/α-hetero) is 1. The van der Waals surface area contributed by atoms with Gasteiger partial charge in [0.05, 0.1) is 11.6 Å². The molecule has 0 saturated carbocycles. The molecule has 0 radical (unpaired) electrons. The Morgan fingerprint density at radius 1 is 1.26 bits per heavy atom. The summed E-state index contributed by atoms with van der Waals surface area (Å²) in [5.41, 5.74) is 2.20. The van der Waals surface area contributed by atoms with Gasteiger partial charge < -0.3 is 4.90 Å². The van der Waals surface area contributed by atoms with Gasteiger partial charge in [-0.3, -0.25) is 9.69 Å². The fourth-order valence-corrected chi connectivity index (χ4v) is 3.68. The molecular formula is C18H19N3OS. The van der Waals surface area contributed by atoms with Crippen LogP contribution >= 0.6 is 11.3 Å². The van der Waals surface area contributed by atoms with E-state index < -0.39 is 0 Å². The number of ketones is 1. The predicted octanol–water partition coefficient (Wildman–Crippen LogP) is 3.14. The molecule has 1 aromatic heterocycles. The molecule has 4 nitrogen and oxygen atoms in total. The first-order chi connectivity index (χ1) is 11.2. The summed E-state index contributed by atoms with van der Waals surface area (Å²) >= 11 is 1.79. The maximum Gasteiger partial charge on any atom is 0.161 e. The van der Waals surface area contributed by atoms with Crippen LogP contribution in [-0.4, -0.2) is 36.9 Å². The molecular weight excluding hydrogens is 306 g/mol. The maximum atomic E-state index is 11.9. The van der Waals surface area contributed by atoms with Crippen LogP contribution in [0.4, 0.5) is 5.69 Å². The molecule has 23 heavy (non-hydrogen) atoms. The molecule has 118 valence electrons. The van der Waals surface area contributed by atoms with Crippen molar-refractivity contribution in [2.24, 2.45) is 0 Å². The van der Waals surface area contributed by atoms with Crippen LogP contribution in [0, 0.1) is 11.3 Å². The topological polar surface area (TPSA) is 47.3 Å². The number of carbonyl (C=O) groups excluding carboxylic acids is 1. The number of nitriles is 1. The van der Waals surface area contributed by atoms with Crippen molar-refractivity contribution in [2.45, 2.75) is 13.5 Å². The molecule has 3 rings (SSSR count). The number of anilines is 1. The lowest BCUT2D eigenvalue weighted by atomic mass is 10.0. The number of thiophene rings is 1. The van der Waals surface area contributed by atoms with E-state index in [-0.39, 0.29) is 5.78 Å². The number of carbonyl (C=O) groups is 1. The van der Waals surface area contributed by atoms with Crippen molar-refractivity contribution in [3.8, 4) is 6.07 Å². The molecule has 0 bridgehead atoms. The van der Waals surface area contributed by atoms with E-state index in [0.717, 1.165) is 38.4 Å². The zero-order valence-electron chi connectivity index (χ0n) is 13.2. The van der Waals surface area contributed by atoms with E-state index in [1.54, 1.807) is 30.4 Å². The van der Waals surface area contributed by atoms with Crippen LogP contribution in [0.5, 0.6) is 0 Å². The average Bonchev–Trinajstić information content (AvgIpc) is 3.08. The quantitative estimate of drug-likeness (QED) is 0.810. The fourth-order valence-electron chi connectivity index (χ4n) is 2.93.